The lowest BCUT2D eigenvalue weighted by Crippen LogP contribution is -1.93. The molecular formula is C7H14N2O2. The van der Waals surface area contributed by atoms with E-state index >= 15 is 0 Å². The zero-order valence-corrected chi connectivity index (χ0v) is 6.68. The molecule has 0 radical (unpaired) electrons. The van der Waals surface area contributed by atoms with E-state index in [1.54, 1.807) is 12.4 Å². The summed E-state index contributed by atoms with van der Waals surface area (Å²) in [6.45, 7) is 3.91. The molecule has 1 aromatic rings. The van der Waals surface area contributed by atoms with Crippen molar-refractivity contribution in [1.82, 2.24) is 4.98 Å². The normalized spacial score (nSPS) is 7.82. The van der Waals surface area contributed by atoms with Crippen molar-refractivity contribution in [1.29, 1.82) is 0 Å². The number of aromatic nitrogens is 1. The minimum atomic E-state index is 0. The molecule has 6 N–H and O–H groups in total. The van der Waals surface area contributed by atoms with E-state index in [-0.39, 0.29) is 11.0 Å². The Morgan fingerprint density at radius 3 is 1.73 bits per heavy atom. The quantitative estimate of drug-likeness (QED) is 0.556. The van der Waals surface area contributed by atoms with E-state index in [0.717, 1.165) is 16.8 Å². The molecule has 0 aliphatic heterocycles. The summed E-state index contributed by atoms with van der Waals surface area (Å²) < 4.78 is 0. The van der Waals surface area contributed by atoms with Crippen LogP contribution in [0.4, 0.5) is 5.69 Å². The molecule has 0 saturated heterocycles. The Bertz CT molecular complexity index is 205. The average Bonchev–Trinajstić information content (AvgIpc) is 1.83. The first kappa shape index (κ1) is 12.5. The van der Waals surface area contributed by atoms with Crippen LogP contribution >= 0.6 is 0 Å². The second-order valence-corrected chi connectivity index (χ2v) is 2.19. The standard InChI is InChI=1S/C7H10N2.2H2O/c1-5-3-9-4-6(2)7(5)8;;/h3-4H,1-2H3,(H2,8,9);2*1H2. The second kappa shape index (κ2) is 4.65. The Balaban J connectivity index is 0. The van der Waals surface area contributed by atoms with E-state index < -0.39 is 0 Å². The first-order chi connectivity index (χ1) is 4.22. The lowest BCUT2D eigenvalue weighted by molar-refractivity contribution is 0.823. The molecule has 11 heavy (non-hydrogen) atoms. The van der Waals surface area contributed by atoms with Crippen molar-refractivity contribution in [2.75, 3.05) is 5.73 Å². The third kappa shape index (κ3) is 2.53. The summed E-state index contributed by atoms with van der Waals surface area (Å²) in [5.74, 6) is 0. The van der Waals surface area contributed by atoms with Gasteiger partial charge in [-0.25, -0.2) is 0 Å². The van der Waals surface area contributed by atoms with Gasteiger partial charge in [0, 0.05) is 18.1 Å². The number of nitrogens with two attached hydrogens (primary N) is 1. The number of nitrogen functional groups attached to an aromatic ring is 1. The minimum Gasteiger partial charge on any atom is -0.412 e. The van der Waals surface area contributed by atoms with Gasteiger partial charge in [-0.2, -0.15) is 0 Å². The number of aryl methyl sites for hydroxylation is 2. The maximum atomic E-state index is 5.64. The smallest absolute Gasteiger partial charge is 0.0404 e. The van der Waals surface area contributed by atoms with E-state index in [4.69, 9.17) is 5.73 Å². The highest BCUT2D eigenvalue weighted by atomic mass is 16.0. The summed E-state index contributed by atoms with van der Waals surface area (Å²) in [7, 11) is 0. The molecule has 0 atom stereocenters. The number of anilines is 1. The van der Waals surface area contributed by atoms with E-state index in [1.807, 2.05) is 13.8 Å². The molecule has 0 unspecified atom stereocenters. The largest absolute Gasteiger partial charge is 0.412 e. The van der Waals surface area contributed by atoms with Crippen molar-refractivity contribution >= 4 is 5.69 Å². The van der Waals surface area contributed by atoms with E-state index in [0.29, 0.717) is 0 Å². The fourth-order valence-corrected chi connectivity index (χ4v) is 0.711. The first-order valence-corrected chi connectivity index (χ1v) is 2.88. The van der Waals surface area contributed by atoms with Gasteiger partial charge in [0.15, 0.2) is 0 Å². The molecule has 0 spiro atoms. The van der Waals surface area contributed by atoms with Crippen molar-refractivity contribution in [3.05, 3.63) is 23.5 Å². The lowest BCUT2D eigenvalue weighted by Gasteiger charge is -1.99. The van der Waals surface area contributed by atoms with Gasteiger partial charge in [0.1, 0.15) is 0 Å². The Morgan fingerprint density at radius 2 is 1.45 bits per heavy atom. The predicted molar refractivity (Wildman–Crippen MR) is 45.4 cm³/mol. The summed E-state index contributed by atoms with van der Waals surface area (Å²) in [5.41, 5.74) is 8.60. The van der Waals surface area contributed by atoms with Gasteiger partial charge in [-0.1, -0.05) is 0 Å². The molecule has 64 valence electrons. The molecular weight excluding hydrogens is 144 g/mol. The van der Waals surface area contributed by atoms with Crippen LogP contribution in [0.25, 0.3) is 0 Å². The SMILES string of the molecule is Cc1cncc(C)c1N.O.O. The van der Waals surface area contributed by atoms with Crippen LogP contribution in [0.5, 0.6) is 0 Å². The Hall–Kier alpha value is -1.13. The third-order valence-corrected chi connectivity index (χ3v) is 1.39. The number of pyridine rings is 1. The maximum absolute atomic E-state index is 5.64. The fraction of sp³-hybridized carbons (Fsp3) is 0.286. The van der Waals surface area contributed by atoms with Gasteiger partial charge in [0.05, 0.1) is 0 Å². The highest BCUT2D eigenvalue weighted by Crippen LogP contribution is 2.11. The molecule has 1 heterocycles. The van der Waals surface area contributed by atoms with Crippen molar-refractivity contribution in [3.63, 3.8) is 0 Å². The molecule has 0 bridgehead atoms. The van der Waals surface area contributed by atoms with Crippen LogP contribution in [0.3, 0.4) is 0 Å². The summed E-state index contributed by atoms with van der Waals surface area (Å²) in [5, 5.41) is 0. The van der Waals surface area contributed by atoms with Crippen LogP contribution in [0.2, 0.25) is 0 Å². The second-order valence-electron chi connectivity index (χ2n) is 2.19. The van der Waals surface area contributed by atoms with Gasteiger partial charge < -0.3 is 16.7 Å². The van der Waals surface area contributed by atoms with Gasteiger partial charge in [-0.15, -0.1) is 0 Å². The molecule has 0 aliphatic carbocycles. The first-order valence-electron chi connectivity index (χ1n) is 2.88. The van der Waals surface area contributed by atoms with E-state index in [9.17, 15) is 0 Å². The van der Waals surface area contributed by atoms with Crippen LogP contribution in [0, 0.1) is 13.8 Å². The van der Waals surface area contributed by atoms with Gasteiger partial charge in [-0.05, 0) is 25.0 Å². The monoisotopic (exact) mass is 158 g/mol. The zero-order chi connectivity index (χ0) is 6.85. The number of rotatable bonds is 0. The fourth-order valence-electron chi connectivity index (χ4n) is 0.711. The molecule has 0 aliphatic rings. The number of hydrogen-bond donors (Lipinski definition) is 1. The summed E-state index contributed by atoms with van der Waals surface area (Å²) in [4.78, 5) is 3.96. The van der Waals surface area contributed by atoms with Crippen molar-refractivity contribution in [2.24, 2.45) is 0 Å². The maximum Gasteiger partial charge on any atom is 0.0404 e. The highest BCUT2D eigenvalue weighted by Gasteiger charge is 1.93. The average molecular weight is 158 g/mol. The number of nitrogens with zero attached hydrogens (tertiary/aromatic N) is 1. The van der Waals surface area contributed by atoms with Crippen LogP contribution < -0.4 is 5.73 Å². The number of hydrogen-bond acceptors (Lipinski definition) is 2. The van der Waals surface area contributed by atoms with Gasteiger partial charge in [0.2, 0.25) is 0 Å². The molecule has 4 nitrogen and oxygen atoms in total. The van der Waals surface area contributed by atoms with Gasteiger partial charge in [0.25, 0.3) is 0 Å². The predicted octanol–water partition coefficient (Wildman–Crippen LogP) is -0.369. The summed E-state index contributed by atoms with van der Waals surface area (Å²) >= 11 is 0. The highest BCUT2D eigenvalue weighted by molar-refractivity contribution is 5.50. The molecule has 4 heteroatoms. The summed E-state index contributed by atoms with van der Waals surface area (Å²) in [6, 6.07) is 0. The molecule has 0 saturated carbocycles. The Labute approximate surface area is 65.7 Å². The molecule has 1 aromatic heterocycles. The van der Waals surface area contributed by atoms with Crippen LogP contribution in [0.15, 0.2) is 12.4 Å². The van der Waals surface area contributed by atoms with Crippen LogP contribution in [0.1, 0.15) is 11.1 Å². The molecule has 0 aromatic carbocycles. The van der Waals surface area contributed by atoms with Crippen LogP contribution in [-0.2, 0) is 0 Å². The van der Waals surface area contributed by atoms with Crippen molar-refractivity contribution < 1.29 is 11.0 Å². The van der Waals surface area contributed by atoms with Gasteiger partial charge in [-0.3, -0.25) is 4.98 Å². The van der Waals surface area contributed by atoms with Crippen LogP contribution in [-0.4, -0.2) is 15.9 Å². The molecule has 1 rings (SSSR count). The van der Waals surface area contributed by atoms with Crippen molar-refractivity contribution in [2.45, 2.75) is 13.8 Å². The molecule has 0 amide bonds. The third-order valence-electron chi connectivity index (χ3n) is 1.39. The van der Waals surface area contributed by atoms with E-state index in [2.05, 4.69) is 4.98 Å². The summed E-state index contributed by atoms with van der Waals surface area (Å²) in [6.07, 6.45) is 3.53. The molecule has 0 fully saturated rings. The lowest BCUT2D eigenvalue weighted by atomic mass is 10.2. The Kier molecular flexibility index (Phi) is 5.30. The minimum absolute atomic E-state index is 0. The van der Waals surface area contributed by atoms with Crippen molar-refractivity contribution in [3.8, 4) is 0 Å². The Morgan fingerprint density at radius 1 is 1.09 bits per heavy atom. The van der Waals surface area contributed by atoms with E-state index in [1.165, 1.54) is 0 Å². The van der Waals surface area contributed by atoms with Gasteiger partial charge >= 0.3 is 0 Å². The zero-order valence-electron chi connectivity index (χ0n) is 6.68. The topological polar surface area (TPSA) is 102 Å².